The number of carbonyl (C=O) groups is 1. The number of amides is 1. The van der Waals surface area contributed by atoms with Crippen molar-refractivity contribution in [2.24, 2.45) is 12.0 Å². The van der Waals surface area contributed by atoms with Crippen LogP contribution in [0, 0.1) is 0 Å². The molecule has 0 aliphatic heterocycles. The third-order valence-corrected chi connectivity index (χ3v) is 3.72. The number of aliphatic imine (C=N–C) groups is 1. The van der Waals surface area contributed by atoms with Gasteiger partial charge in [-0.05, 0) is 37.3 Å². The molecule has 8 nitrogen and oxygen atoms in total. The van der Waals surface area contributed by atoms with Crippen molar-refractivity contribution in [3.63, 3.8) is 0 Å². The highest BCUT2D eigenvalue weighted by molar-refractivity contribution is 5.94. The van der Waals surface area contributed by atoms with Crippen molar-refractivity contribution >= 4 is 11.9 Å². The van der Waals surface area contributed by atoms with E-state index in [9.17, 15) is 4.79 Å². The number of guanidine groups is 1. The van der Waals surface area contributed by atoms with Crippen LogP contribution in [0.25, 0.3) is 0 Å². The maximum absolute atomic E-state index is 12.1. The Labute approximate surface area is 153 Å². The zero-order valence-electron chi connectivity index (χ0n) is 15.5. The molecule has 1 aromatic heterocycles. The quantitative estimate of drug-likeness (QED) is 0.371. The minimum Gasteiger partial charge on any atom is -0.497 e. The van der Waals surface area contributed by atoms with Gasteiger partial charge in [-0.3, -0.25) is 9.48 Å². The summed E-state index contributed by atoms with van der Waals surface area (Å²) in [5.74, 6) is 1.31. The molecule has 8 heteroatoms. The van der Waals surface area contributed by atoms with Crippen LogP contribution >= 0.6 is 0 Å². The number of rotatable bonds is 8. The molecule has 0 spiro atoms. The Morgan fingerprint density at radius 1 is 1.15 bits per heavy atom. The molecule has 0 saturated carbocycles. The van der Waals surface area contributed by atoms with Crippen molar-refractivity contribution in [2.75, 3.05) is 26.7 Å². The Morgan fingerprint density at radius 3 is 2.50 bits per heavy atom. The number of nitrogens with zero attached hydrogens (tertiary/aromatic N) is 3. The zero-order chi connectivity index (χ0) is 18.8. The Kier molecular flexibility index (Phi) is 7.48. The molecule has 0 unspecified atom stereocenters. The van der Waals surface area contributed by atoms with E-state index in [0.717, 1.165) is 18.0 Å². The van der Waals surface area contributed by atoms with Crippen molar-refractivity contribution in [2.45, 2.75) is 13.5 Å². The minimum atomic E-state index is -0.119. The lowest BCUT2D eigenvalue weighted by Crippen LogP contribution is -2.41. The van der Waals surface area contributed by atoms with Crippen LogP contribution in [-0.4, -0.2) is 48.4 Å². The molecule has 0 radical (unpaired) electrons. The van der Waals surface area contributed by atoms with Gasteiger partial charge < -0.3 is 20.7 Å². The smallest absolute Gasteiger partial charge is 0.251 e. The SMILES string of the molecule is CCNC(=NCc1ccnn1C)NCCNC(=O)c1ccc(OC)cc1. The van der Waals surface area contributed by atoms with Crippen molar-refractivity contribution in [3.05, 3.63) is 47.8 Å². The maximum Gasteiger partial charge on any atom is 0.251 e. The molecule has 1 heterocycles. The lowest BCUT2D eigenvalue weighted by molar-refractivity contribution is 0.0954. The van der Waals surface area contributed by atoms with Gasteiger partial charge in [-0.1, -0.05) is 0 Å². The number of hydrogen-bond donors (Lipinski definition) is 3. The number of aryl methyl sites for hydroxylation is 1. The van der Waals surface area contributed by atoms with Gasteiger partial charge in [0, 0.05) is 38.4 Å². The first-order valence-corrected chi connectivity index (χ1v) is 8.55. The lowest BCUT2D eigenvalue weighted by atomic mass is 10.2. The van der Waals surface area contributed by atoms with Crippen LogP contribution in [0.2, 0.25) is 0 Å². The van der Waals surface area contributed by atoms with Crippen LogP contribution in [0.4, 0.5) is 0 Å². The van der Waals surface area contributed by atoms with Crippen LogP contribution in [0.1, 0.15) is 23.0 Å². The molecule has 1 aromatic carbocycles. The highest BCUT2D eigenvalue weighted by Crippen LogP contribution is 2.10. The summed E-state index contributed by atoms with van der Waals surface area (Å²) in [6, 6.07) is 8.94. The van der Waals surface area contributed by atoms with E-state index in [2.05, 4.69) is 26.0 Å². The van der Waals surface area contributed by atoms with Crippen molar-refractivity contribution in [3.8, 4) is 5.75 Å². The van der Waals surface area contributed by atoms with E-state index < -0.39 is 0 Å². The summed E-state index contributed by atoms with van der Waals surface area (Å²) in [5.41, 5.74) is 1.62. The summed E-state index contributed by atoms with van der Waals surface area (Å²) in [6.07, 6.45) is 1.75. The molecule has 26 heavy (non-hydrogen) atoms. The Hall–Kier alpha value is -3.03. The summed E-state index contributed by atoms with van der Waals surface area (Å²) in [4.78, 5) is 16.6. The summed E-state index contributed by atoms with van der Waals surface area (Å²) in [6.45, 7) is 4.35. The molecule has 0 fully saturated rings. The summed E-state index contributed by atoms with van der Waals surface area (Å²) in [7, 11) is 3.48. The highest BCUT2D eigenvalue weighted by Gasteiger charge is 2.05. The molecular weight excluding hydrogens is 332 g/mol. The Balaban J connectivity index is 1.77. The van der Waals surface area contributed by atoms with E-state index in [1.165, 1.54) is 0 Å². The second kappa shape index (κ2) is 10.1. The van der Waals surface area contributed by atoms with Gasteiger partial charge in [0.05, 0.1) is 19.3 Å². The molecule has 3 N–H and O–H groups in total. The van der Waals surface area contributed by atoms with Crippen LogP contribution in [-0.2, 0) is 13.6 Å². The highest BCUT2D eigenvalue weighted by atomic mass is 16.5. The number of nitrogens with one attached hydrogen (secondary N) is 3. The Bertz CT molecular complexity index is 724. The van der Waals surface area contributed by atoms with Crippen LogP contribution < -0.4 is 20.7 Å². The van der Waals surface area contributed by atoms with Gasteiger partial charge in [0.25, 0.3) is 5.91 Å². The topological polar surface area (TPSA) is 92.6 Å². The normalized spacial score (nSPS) is 11.1. The average Bonchev–Trinajstić information content (AvgIpc) is 3.07. The van der Waals surface area contributed by atoms with Gasteiger partial charge in [-0.2, -0.15) is 5.10 Å². The van der Waals surface area contributed by atoms with Crippen molar-refractivity contribution < 1.29 is 9.53 Å². The largest absolute Gasteiger partial charge is 0.497 e. The van der Waals surface area contributed by atoms with E-state index in [4.69, 9.17) is 4.74 Å². The average molecular weight is 358 g/mol. The van der Waals surface area contributed by atoms with Crippen LogP contribution in [0.5, 0.6) is 5.75 Å². The first-order chi connectivity index (χ1) is 12.6. The molecule has 0 bridgehead atoms. The number of benzene rings is 1. The van der Waals surface area contributed by atoms with E-state index >= 15 is 0 Å². The van der Waals surface area contributed by atoms with Gasteiger partial charge in [-0.15, -0.1) is 0 Å². The first kappa shape index (κ1) is 19.3. The van der Waals surface area contributed by atoms with Gasteiger partial charge >= 0.3 is 0 Å². The van der Waals surface area contributed by atoms with Crippen molar-refractivity contribution in [1.29, 1.82) is 0 Å². The summed E-state index contributed by atoms with van der Waals surface area (Å²) < 4.78 is 6.88. The predicted octanol–water partition coefficient (Wildman–Crippen LogP) is 0.914. The fourth-order valence-electron chi connectivity index (χ4n) is 2.26. The third kappa shape index (κ3) is 5.80. The maximum atomic E-state index is 12.1. The lowest BCUT2D eigenvalue weighted by Gasteiger charge is -2.12. The van der Waals surface area contributed by atoms with E-state index in [0.29, 0.717) is 31.2 Å². The second-order valence-electron chi connectivity index (χ2n) is 5.55. The molecule has 0 atom stereocenters. The summed E-state index contributed by atoms with van der Waals surface area (Å²) in [5, 5.41) is 13.4. The molecular formula is C18H26N6O2. The summed E-state index contributed by atoms with van der Waals surface area (Å²) >= 11 is 0. The van der Waals surface area contributed by atoms with Gasteiger partial charge in [0.15, 0.2) is 5.96 Å². The number of methoxy groups -OCH3 is 1. The fraction of sp³-hybridized carbons (Fsp3) is 0.389. The van der Waals surface area contributed by atoms with Crippen LogP contribution in [0.3, 0.4) is 0 Å². The molecule has 0 aliphatic rings. The number of hydrogen-bond acceptors (Lipinski definition) is 4. The van der Waals surface area contributed by atoms with E-state index in [1.807, 2.05) is 20.0 Å². The third-order valence-electron chi connectivity index (χ3n) is 3.72. The Morgan fingerprint density at radius 2 is 1.88 bits per heavy atom. The molecule has 2 aromatic rings. The monoisotopic (exact) mass is 358 g/mol. The van der Waals surface area contributed by atoms with Gasteiger partial charge in [0.2, 0.25) is 0 Å². The number of aromatic nitrogens is 2. The number of carbonyl (C=O) groups excluding carboxylic acids is 1. The van der Waals surface area contributed by atoms with Crippen LogP contribution in [0.15, 0.2) is 41.5 Å². The molecule has 0 saturated heterocycles. The second-order valence-corrected chi connectivity index (χ2v) is 5.55. The molecule has 140 valence electrons. The minimum absolute atomic E-state index is 0.119. The molecule has 1 amide bonds. The zero-order valence-corrected chi connectivity index (χ0v) is 15.5. The molecule has 0 aliphatic carbocycles. The van der Waals surface area contributed by atoms with E-state index in [-0.39, 0.29) is 5.91 Å². The van der Waals surface area contributed by atoms with E-state index in [1.54, 1.807) is 42.3 Å². The van der Waals surface area contributed by atoms with Gasteiger partial charge in [-0.25, -0.2) is 4.99 Å². The van der Waals surface area contributed by atoms with Crippen molar-refractivity contribution in [1.82, 2.24) is 25.7 Å². The first-order valence-electron chi connectivity index (χ1n) is 8.55. The number of ether oxygens (including phenoxy) is 1. The fourth-order valence-corrected chi connectivity index (χ4v) is 2.26. The molecule has 2 rings (SSSR count). The van der Waals surface area contributed by atoms with Gasteiger partial charge in [0.1, 0.15) is 5.75 Å². The standard InChI is InChI=1S/C18H26N6O2/c1-4-19-18(22-13-15-9-10-23-24(15)2)21-12-11-20-17(25)14-5-7-16(26-3)8-6-14/h5-10H,4,11-13H2,1-3H3,(H,20,25)(H2,19,21,22). The predicted molar refractivity (Wildman–Crippen MR) is 101 cm³/mol.